The van der Waals surface area contributed by atoms with Crippen LogP contribution in [0.15, 0.2) is 60.0 Å². The minimum absolute atomic E-state index is 0.387. The molecule has 1 heterocycles. The van der Waals surface area contributed by atoms with Gasteiger partial charge in [0.1, 0.15) is 28.7 Å². The second-order valence-corrected chi connectivity index (χ2v) is 9.74. The Morgan fingerprint density at radius 2 is 1.59 bits per heavy atom. The number of nitrogens with one attached hydrogen (secondary N) is 1. The first-order valence-electron chi connectivity index (χ1n) is 12.9. The normalized spacial score (nSPS) is 10.5. The molecule has 7 heteroatoms. The standard InChI is InChI=1S/C26H31NO5.C6H13N/c1-15(2)20-14-22(17(4)11-16(20)3)32-25-10-9-21(31-25)18(5)27-26-23(29-7)12-19(28-6)13-24(26)30-8;1-4-5-6-7(2)3/h9-15,27H,5H2,1-4,6-8H3;4H,1,5-6H2,2-3H3. The fraction of sp³-hybridized carbons (Fsp3) is 0.375. The van der Waals surface area contributed by atoms with Crippen LogP contribution in [0.2, 0.25) is 0 Å². The van der Waals surface area contributed by atoms with E-state index in [1.807, 2.05) is 13.0 Å². The molecule has 1 aromatic heterocycles. The second-order valence-electron chi connectivity index (χ2n) is 9.74. The van der Waals surface area contributed by atoms with Crippen molar-refractivity contribution < 1.29 is 23.4 Å². The predicted molar refractivity (Wildman–Crippen MR) is 161 cm³/mol. The van der Waals surface area contributed by atoms with Crippen LogP contribution in [0.5, 0.6) is 28.9 Å². The van der Waals surface area contributed by atoms with Crippen molar-refractivity contribution in [3.05, 3.63) is 78.1 Å². The Bertz CT molecular complexity index is 1220. The lowest BCUT2D eigenvalue weighted by Gasteiger charge is -2.17. The van der Waals surface area contributed by atoms with E-state index in [4.69, 9.17) is 23.4 Å². The van der Waals surface area contributed by atoms with Gasteiger partial charge in [0.05, 0.1) is 27.0 Å². The number of rotatable bonds is 12. The minimum atomic E-state index is 0.387. The van der Waals surface area contributed by atoms with Crippen LogP contribution in [0.3, 0.4) is 0 Å². The zero-order chi connectivity index (χ0) is 29.1. The fourth-order valence-electron chi connectivity index (χ4n) is 3.92. The molecular formula is C32H44N2O5. The molecule has 0 saturated carbocycles. The van der Waals surface area contributed by atoms with Crippen LogP contribution >= 0.6 is 0 Å². The maximum absolute atomic E-state index is 6.05. The number of anilines is 1. The smallest absolute Gasteiger partial charge is 0.290 e. The maximum Gasteiger partial charge on any atom is 0.290 e. The van der Waals surface area contributed by atoms with Crippen LogP contribution in [-0.4, -0.2) is 46.9 Å². The number of furan rings is 1. The summed E-state index contributed by atoms with van der Waals surface area (Å²) in [6.45, 7) is 17.3. The number of hydrogen-bond acceptors (Lipinski definition) is 7. The second kappa shape index (κ2) is 14.9. The molecule has 0 aliphatic rings. The number of methoxy groups -OCH3 is 3. The summed E-state index contributed by atoms with van der Waals surface area (Å²) in [5.41, 5.74) is 4.71. The van der Waals surface area contributed by atoms with Crippen molar-refractivity contribution in [2.75, 3.05) is 47.3 Å². The SMILES string of the molecule is C=C(Nc1c(OC)cc(OC)cc1OC)c1ccc(Oc2cc(C(C)C)c(C)cc2C)o1.C=CCCN(C)C. The molecule has 0 aliphatic carbocycles. The average molecular weight is 537 g/mol. The zero-order valence-corrected chi connectivity index (χ0v) is 24.9. The van der Waals surface area contributed by atoms with Gasteiger partial charge >= 0.3 is 0 Å². The third-order valence-electron chi connectivity index (χ3n) is 6.05. The fourth-order valence-corrected chi connectivity index (χ4v) is 3.92. The van der Waals surface area contributed by atoms with E-state index < -0.39 is 0 Å². The first-order valence-corrected chi connectivity index (χ1v) is 12.9. The van der Waals surface area contributed by atoms with Crippen molar-refractivity contribution in [3.63, 3.8) is 0 Å². The van der Waals surface area contributed by atoms with Crippen molar-refractivity contribution in [1.29, 1.82) is 0 Å². The lowest BCUT2D eigenvalue weighted by atomic mass is 9.96. The van der Waals surface area contributed by atoms with Gasteiger partial charge in [0.15, 0.2) is 5.76 Å². The quantitative estimate of drug-likeness (QED) is 0.235. The van der Waals surface area contributed by atoms with Crippen molar-refractivity contribution in [1.82, 2.24) is 4.90 Å². The molecule has 39 heavy (non-hydrogen) atoms. The molecule has 3 aromatic rings. The molecule has 0 radical (unpaired) electrons. The Hall–Kier alpha value is -3.84. The van der Waals surface area contributed by atoms with Gasteiger partial charge in [0, 0.05) is 24.7 Å². The summed E-state index contributed by atoms with van der Waals surface area (Å²) in [5, 5.41) is 3.22. The maximum atomic E-state index is 6.05. The van der Waals surface area contributed by atoms with Crippen molar-refractivity contribution >= 4 is 11.4 Å². The van der Waals surface area contributed by atoms with E-state index in [0.29, 0.717) is 46.3 Å². The lowest BCUT2D eigenvalue weighted by molar-refractivity contribution is 0.341. The summed E-state index contributed by atoms with van der Waals surface area (Å²) < 4.78 is 28.2. The van der Waals surface area contributed by atoms with Crippen LogP contribution in [0.4, 0.5) is 5.69 Å². The zero-order valence-electron chi connectivity index (χ0n) is 24.9. The van der Waals surface area contributed by atoms with Crippen LogP contribution < -0.4 is 24.3 Å². The minimum Gasteiger partial charge on any atom is -0.496 e. The van der Waals surface area contributed by atoms with Crippen LogP contribution in [-0.2, 0) is 0 Å². The average Bonchev–Trinajstić information content (AvgIpc) is 3.37. The highest BCUT2D eigenvalue weighted by Gasteiger charge is 2.17. The highest BCUT2D eigenvalue weighted by atomic mass is 16.6. The topological polar surface area (TPSA) is 65.3 Å². The van der Waals surface area contributed by atoms with Gasteiger partial charge in [-0.05, 0) is 69.1 Å². The monoisotopic (exact) mass is 536 g/mol. The largest absolute Gasteiger partial charge is 0.496 e. The van der Waals surface area contributed by atoms with Gasteiger partial charge in [0.25, 0.3) is 5.95 Å². The molecule has 0 atom stereocenters. The molecule has 0 unspecified atom stereocenters. The first-order chi connectivity index (χ1) is 18.5. The molecule has 0 saturated heterocycles. The summed E-state index contributed by atoms with van der Waals surface area (Å²) in [7, 11) is 8.87. The van der Waals surface area contributed by atoms with E-state index in [9.17, 15) is 0 Å². The molecule has 0 spiro atoms. The molecule has 1 N–H and O–H groups in total. The van der Waals surface area contributed by atoms with Gasteiger partial charge in [-0.1, -0.05) is 32.6 Å². The van der Waals surface area contributed by atoms with E-state index >= 15 is 0 Å². The van der Waals surface area contributed by atoms with Crippen LogP contribution in [0.1, 0.15) is 48.6 Å². The van der Waals surface area contributed by atoms with Crippen LogP contribution in [0, 0.1) is 13.8 Å². The van der Waals surface area contributed by atoms with Crippen LogP contribution in [0.25, 0.3) is 5.70 Å². The van der Waals surface area contributed by atoms with Gasteiger partial charge in [-0.25, -0.2) is 0 Å². The Labute approximate surface area is 234 Å². The Morgan fingerprint density at radius 3 is 2.08 bits per heavy atom. The van der Waals surface area contributed by atoms with E-state index in [0.717, 1.165) is 24.3 Å². The van der Waals surface area contributed by atoms with E-state index in [-0.39, 0.29) is 0 Å². The summed E-state index contributed by atoms with van der Waals surface area (Å²) in [6.07, 6.45) is 3.02. The molecule has 7 nitrogen and oxygen atoms in total. The molecular weight excluding hydrogens is 492 g/mol. The summed E-state index contributed by atoms with van der Waals surface area (Å²) in [5.74, 6) is 3.84. The third kappa shape index (κ3) is 8.86. The van der Waals surface area contributed by atoms with Gasteiger partial charge in [-0.2, -0.15) is 0 Å². The summed E-state index contributed by atoms with van der Waals surface area (Å²) >= 11 is 0. The predicted octanol–water partition coefficient (Wildman–Crippen LogP) is 8.04. The van der Waals surface area contributed by atoms with Gasteiger partial charge in [-0.3, -0.25) is 0 Å². The Morgan fingerprint density at radius 1 is 0.949 bits per heavy atom. The highest BCUT2D eigenvalue weighted by molar-refractivity contribution is 5.81. The molecule has 0 amide bonds. The van der Waals surface area contributed by atoms with E-state index in [1.165, 1.54) is 11.1 Å². The van der Waals surface area contributed by atoms with Gasteiger partial charge in [0.2, 0.25) is 0 Å². The highest BCUT2D eigenvalue weighted by Crippen LogP contribution is 2.41. The van der Waals surface area contributed by atoms with Crippen molar-refractivity contribution in [2.45, 2.75) is 40.0 Å². The summed E-state index contributed by atoms with van der Waals surface area (Å²) in [4.78, 5) is 2.14. The Kier molecular flexibility index (Phi) is 12.0. The molecule has 0 bridgehead atoms. The third-order valence-corrected chi connectivity index (χ3v) is 6.05. The number of hydrogen-bond donors (Lipinski definition) is 1. The molecule has 2 aromatic carbocycles. The van der Waals surface area contributed by atoms with E-state index in [2.05, 4.69) is 70.4 Å². The van der Waals surface area contributed by atoms with E-state index in [1.54, 1.807) is 45.6 Å². The Balaban J connectivity index is 0.000000673. The molecule has 0 fully saturated rings. The molecule has 0 aliphatic heterocycles. The summed E-state index contributed by atoms with van der Waals surface area (Å²) in [6, 6.07) is 11.3. The number of benzene rings is 2. The van der Waals surface area contributed by atoms with Gasteiger partial charge in [-0.15, -0.1) is 6.58 Å². The lowest BCUT2D eigenvalue weighted by Crippen LogP contribution is -2.11. The number of aryl methyl sites for hydroxylation is 2. The molecule has 3 rings (SSSR count). The van der Waals surface area contributed by atoms with Gasteiger partial charge < -0.3 is 33.6 Å². The molecule has 212 valence electrons. The first kappa shape index (κ1) is 31.4. The number of ether oxygens (including phenoxy) is 4. The van der Waals surface area contributed by atoms with Crippen molar-refractivity contribution in [2.24, 2.45) is 0 Å². The number of nitrogens with zero attached hydrogens (tertiary/aromatic N) is 1. The van der Waals surface area contributed by atoms with Crippen molar-refractivity contribution in [3.8, 4) is 28.9 Å².